The molecule has 318 valence electrons. The molecular formula is C32H46O24. The molecule has 5 fully saturated rings. The van der Waals surface area contributed by atoms with Gasteiger partial charge >= 0.3 is 11.9 Å². The van der Waals surface area contributed by atoms with E-state index >= 15 is 0 Å². The minimum Gasteiger partial charge on any atom is -0.401 e. The first kappa shape index (κ1) is 44.5. The molecule has 5 saturated carbocycles. The molecule has 0 aromatic heterocycles. The molecule has 0 aliphatic heterocycles. The third kappa shape index (κ3) is 5.02. The highest BCUT2D eigenvalue weighted by Crippen LogP contribution is 2.70. The van der Waals surface area contributed by atoms with E-state index in [1.54, 1.807) is 0 Å². The number of ketones is 4. The Morgan fingerprint density at radius 1 is 0.786 bits per heavy atom. The van der Waals surface area contributed by atoms with Gasteiger partial charge in [0.05, 0.1) is 30.7 Å². The molecule has 5 aliphatic rings. The molecule has 9 unspecified atom stereocenters. The minimum atomic E-state index is -5.23. The highest BCUT2D eigenvalue weighted by atomic mass is 16.8. The van der Waals surface area contributed by atoms with Crippen LogP contribution >= 0.6 is 0 Å². The van der Waals surface area contributed by atoms with Gasteiger partial charge in [-0.25, -0.2) is 0 Å². The molecule has 0 bridgehead atoms. The lowest BCUT2D eigenvalue weighted by Gasteiger charge is -2.64. The number of hydrogen-bond donors (Lipinski definition) is 17. The molecule has 56 heavy (non-hydrogen) atoms. The van der Waals surface area contributed by atoms with Crippen molar-refractivity contribution in [2.45, 2.75) is 117 Å². The van der Waals surface area contributed by atoms with E-state index in [2.05, 4.69) is 4.74 Å². The van der Waals surface area contributed by atoms with Crippen molar-refractivity contribution in [1.29, 1.82) is 0 Å². The van der Waals surface area contributed by atoms with Crippen LogP contribution in [0.4, 0.5) is 0 Å². The predicted molar refractivity (Wildman–Crippen MR) is 165 cm³/mol. The van der Waals surface area contributed by atoms with Crippen LogP contribution in [0.2, 0.25) is 0 Å². The third-order valence-electron chi connectivity index (χ3n) is 13.3. The fourth-order valence-corrected chi connectivity index (χ4v) is 10.4. The lowest BCUT2D eigenvalue weighted by atomic mass is 9.42. The summed E-state index contributed by atoms with van der Waals surface area (Å²) < 4.78 is 10.0. The summed E-state index contributed by atoms with van der Waals surface area (Å²) in [5.41, 5.74) is -13.0. The van der Waals surface area contributed by atoms with Crippen molar-refractivity contribution >= 4 is 29.1 Å². The normalized spacial score (nSPS) is 41.4. The van der Waals surface area contributed by atoms with Crippen LogP contribution in [-0.4, -0.2) is 187 Å². The van der Waals surface area contributed by atoms with Crippen molar-refractivity contribution in [1.82, 2.24) is 0 Å². The fourth-order valence-electron chi connectivity index (χ4n) is 10.4. The lowest BCUT2D eigenvalue weighted by molar-refractivity contribution is -0.614. The lowest BCUT2D eigenvalue weighted by Crippen LogP contribution is -2.96. The monoisotopic (exact) mass is 814 g/mol. The van der Waals surface area contributed by atoms with Gasteiger partial charge in [-0.2, -0.15) is 0 Å². The van der Waals surface area contributed by atoms with E-state index in [9.17, 15) is 111 Å². The molecule has 0 aromatic carbocycles. The van der Waals surface area contributed by atoms with Crippen LogP contribution in [0, 0.1) is 40.4 Å². The summed E-state index contributed by atoms with van der Waals surface area (Å²) in [6.45, 7) is 1.95. The van der Waals surface area contributed by atoms with Crippen LogP contribution in [0.3, 0.4) is 0 Å². The molecule has 0 amide bonds. The molecule has 24 heteroatoms. The maximum atomic E-state index is 14.5. The first-order valence-electron chi connectivity index (χ1n) is 17.1. The van der Waals surface area contributed by atoms with Crippen molar-refractivity contribution in [2.75, 3.05) is 6.61 Å². The van der Waals surface area contributed by atoms with Crippen molar-refractivity contribution in [3.63, 3.8) is 0 Å². The first-order chi connectivity index (χ1) is 24.9. The van der Waals surface area contributed by atoms with Gasteiger partial charge in [-0.15, -0.1) is 0 Å². The van der Waals surface area contributed by atoms with Crippen molar-refractivity contribution in [3.8, 4) is 0 Å². The van der Waals surface area contributed by atoms with E-state index in [4.69, 9.17) is 4.74 Å². The molecule has 0 heterocycles. The van der Waals surface area contributed by atoms with E-state index in [1.807, 2.05) is 0 Å². The average Bonchev–Trinajstić information content (AvgIpc) is 3.25. The molecule has 5 rings (SSSR count). The third-order valence-corrected chi connectivity index (χ3v) is 13.3. The molecule has 0 spiro atoms. The number of ether oxygens (including phenoxy) is 2. The number of Topliss-reactive ketones (excluding diaryl/α,β-unsaturated/α-hetero) is 4. The number of carbonyl (C=O) groups excluding carboxylic acids is 5. The van der Waals surface area contributed by atoms with Gasteiger partial charge in [0.15, 0.2) is 11.4 Å². The maximum absolute atomic E-state index is 14.5. The van der Waals surface area contributed by atoms with Gasteiger partial charge in [0, 0.05) is 18.3 Å². The minimum absolute atomic E-state index is 0.819. The quantitative estimate of drug-likeness (QED) is 0.0644. The molecule has 0 radical (unpaired) electrons. The Bertz CT molecular complexity index is 1700. The number of rotatable bonds is 7. The Hall–Kier alpha value is -2.57. The summed E-state index contributed by atoms with van der Waals surface area (Å²) in [5, 5.41) is 184. The zero-order valence-corrected chi connectivity index (χ0v) is 30.0. The molecule has 0 saturated heterocycles. The number of aliphatic hydroxyl groups is 17. The molecule has 24 nitrogen and oxygen atoms in total. The predicted octanol–water partition coefficient (Wildman–Crippen LogP) is -9.50. The highest BCUT2D eigenvalue weighted by molar-refractivity contribution is 6.65. The van der Waals surface area contributed by atoms with Gasteiger partial charge in [0.1, 0.15) is 0 Å². The van der Waals surface area contributed by atoms with Crippen LogP contribution in [-0.2, 0) is 33.4 Å². The second-order valence-electron chi connectivity index (χ2n) is 16.8. The van der Waals surface area contributed by atoms with Gasteiger partial charge < -0.3 is 96.3 Å². The Morgan fingerprint density at radius 3 is 1.75 bits per heavy atom. The van der Waals surface area contributed by atoms with Crippen LogP contribution in [0.25, 0.3) is 0 Å². The topological polar surface area (TPSA) is 448 Å². The van der Waals surface area contributed by atoms with Crippen molar-refractivity contribution in [2.24, 2.45) is 40.4 Å². The van der Waals surface area contributed by atoms with Crippen molar-refractivity contribution < 1.29 is 120 Å². The first-order valence-corrected chi connectivity index (χ1v) is 17.1. The molecule has 9 atom stereocenters. The SMILES string of the molecule is CC(C)C(=O)OC(O)(O)C(=O)C1(OCC2(O)C(O)(O)C(O)(O)C(O)(O)C(O)(O)C2(O)O)C(O)CC2C3CC(O)(O)C4C(=O)C(=O)C(=O)CC4(C)C3C(O)CC21C. The molecule has 5 aliphatic carbocycles. The van der Waals surface area contributed by atoms with Crippen LogP contribution in [0.5, 0.6) is 0 Å². The second kappa shape index (κ2) is 12.2. The van der Waals surface area contributed by atoms with E-state index in [0.717, 1.165) is 20.8 Å². The van der Waals surface area contributed by atoms with E-state index in [0.29, 0.717) is 0 Å². The standard InChI is InChI=1S/C32H46O24/c1-10(2)20(38)56-27(43,44)21(39)26(55-9-25(42)28(45,46)30(49,50)32(53,54)31(51,52)29(25,47)48)15(35)5-12-11-6-24(40,41)19-18(37)17(36)14(34)7-22(19,3)16(11)13(33)8-23(12,26)4/h10-13,15-16,19,33,35,40-54H,5-9H2,1-4H3. The summed E-state index contributed by atoms with van der Waals surface area (Å²) in [6.07, 6.45) is -8.17. The van der Waals surface area contributed by atoms with Crippen molar-refractivity contribution in [3.05, 3.63) is 0 Å². The number of aliphatic hydroxyl groups excluding tert-OH is 2. The Morgan fingerprint density at radius 2 is 1.27 bits per heavy atom. The van der Waals surface area contributed by atoms with Gasteiger partial charge in [-0.05, 0) is 36.0 Å². The van der Waals surface area contributed by atoms with E-state index in [1.165, 1.54) is 6.92 Å². The molecule has 17 N–H and O–H groups in total. The summed E-state index contributed by atoms with van der Waals surface area (Å²) in [7, 11) is 0. The zero-order valence-electron chi connectivity index (χ0n) is 30.0. The summed E-state index contributed by atoms with van der Waals surface area (Å²) >= 11 is 0. The number of esters is 1. The van der Waals surface area contributed by atoms with E-state index in [-0.39, 0.29) is 0 Å². The summed E-state index contributed by atoms with van der Waals surface area (Å²) in [6, 6.07) is 0. The van der Waals surface area contributed by atoms with Crippen LogP contribution < -0.4 is 0 Å². The number of carbonyl (C=O) groups is 5. The second-order valence-corrected chi connectivity index (χ2v) is 16.8. The Balaban J connectivity index is 1.72. The van der Waals surface area contributed by atoms with Gasteiger partial charge in [0.2, 0.25) is 17.2 Å². The Kier molecular flexibility index (Phi) is 9.74. The molecule has 0 aromatic rings. The van der Waals surface area contributed by atoms with Gasteiger partial charge in [0.25, 0.3) is 40.5 Å². The zero-order chi connectivity index (χ0) is 43.4. The molecular weight excluding hydrogens is 768 g/mol. The number of hydrogen-bond acceptors (Lipinski definition) is 24. The van der Waals surface area contributed by atoms with Gasteiger partial charge in [-0.3, -0.25) is 24.0 Å². The smallest absolute Gasteiger partial charge is 0.391 e. The highest BCUT2D eigenvalue weighted by Gasteiger charge is 2.91. The van der Waals surface area contributed by atoms with E-state index < -0.39 is 166 Å². The average molecular weight is 815 g/mol. The number of fused-ring (bicyclic) bond motifs is 5. The fraction of sp³-hybridized carbons (Fsp3) is 0.844. The Labute approximate surface area is 314 Å². The largest absolute Gasteiger partial charge is 0.401 e. The van der Waals surface area contributed by atoms with Gasteiger partial charge in [-0.1, -0.05) is 27.7 Å². The maximum Gasteiger partial charge on any atom is 0.391 e. The summed E-state index contributed by atoms with van der Waals surface area (Å²) in [4.78, 5) is 65.2. The summed E-state index contributed by atoms with van der Waals surface area (Å²) in [5.74, 6) is -49.4. The van der Waals surface area contributed by atoms with Crippen LogP contribution in [0.1, 0.15) is 53.4 Å². The van der Waals surface area contributed by atoms with Crippen LogP contribution in [0.15, 0.2) is 0 Å².